The highest BCUT2D eigenvalue weighted by atomic mass is 32.2. The number of benzene rings is 2. The molecule has 0 radical (unpaired) electrons. The molecule has 0 aliphatic carbocycles. The second-order valence-electron chi connectivity index (χ2n) is 7.58. The van der Waals surface area contributed by atoms with Gasteiger partial charge in [-0.1, -0.05) is 25.1 Å². The van der Waals surface area contributed by atoms with Crippen LogP contribution < -0.4 is 15.4 Å². The van der Waals surface area contributed by atoms with Crippen molar-refractivity contribution in [2.75, 3.05) is 31.5 Å². The van der Waals surface area contributed by atoms with Crippen LogP contribution in [0.25, 0.3) is 0 Å². The molecule has 2 amide bonds. The predicted octanol–water partition coefficient (Wildman–Crippen LogP) is 1.96. The van der Waals surface area contributed by atoms with Crippen LogP contribution >= 0.6 is 0 Å². The first-order valence-electron chi connectivity index (χ1n) is 10.5. The first kappa shape index (κ1) is 23.8. The van der Waals surface area contributed by atoms with Crippen molar-refractivity contribution >= 4 is 27.5 Å². The SMILES string of the molecule is CCNS(=O)(=O)c1ccc(F)c(C(=O)NC2CCN(CC(=O)Nc3ccccc3)CC2)c1. The van der Waals surface area contributed by atoms with E-state index >= 15 is 0 Å². The Morgan fingerprint density at radius 3 is 2.44 bits per heavy atom. The largest absolute Gasteiger partial charge is 0.349 e. The van der Waals surface area contributed by atoms with E-state index in [1.807, 2.05) is 35.2 Å². The second kappa shape index (κ2) is 10.7. The summed E-state index contributed by atoms with van der Waals surface area (Å²) in [6, 6.07) is 12.2. The van der Waals surface area contributed by atoms with Gasteiger partial charge in [0.05, 0.1) is 17.0 Å². The summed E-state index contributed by atoms with van der Waals surface area (Å²) < 4.78 is 40.8. The first-order valence-corrected chi connectivity index (χ1v) is 11.9. The van der Waals surface area contributed by atoms with E-state index in [2.05, 4.69) is 15.4 Å². The van der Waals surface area contributed by atoms with Gasteiger partial charge in [-0.2, -0.15) is 0 Å². The maximum Gasteiger partial charge on any atom is 0.254 e. The van der Waals surface area contributed by atoms with Crippen LogP contribution in [0.3, 0.4) is 0 Å². The molecule has 8 nitrogen and oxygen atoms in total. The molecule has 0 spiro atoms. The molecule has 1 aliphatic heterocycles. The van der Waals surface area contributed by atoms with E-state index in [1.54, 1.807) is 6.92 Å². The number of halogens is 1. The lowest BCUT2D eigenvalue weighted by atomic mass is 10.0. The Hall–Kier alpha value is -2.82. The molecule has 3 rings (SSSR count). The van der Waals surface area contributed by atoms with Crippen LogP contribution in [-0.2, 0) is 14.8 Å². The Kier molecular flexibility index (Phi) is 7.94. The highest BCUT2D eigenvalue weighted by Gasteiger charge is 2.25. The summed E-state index contributed by atoms with van der Waals surface area (Å²) in [4.78, 5) is 26.6. The molecule has 10 heteroatoms. The first-order chi connectivity index (χ1) is 15.3. The van der Waals surface area contributed by atoms with E-state index < -0.39 is 21.7 Å². The normalized spacial score (nSPS) is 15.3. The number of nitrogens with zero attached hydrogens (tertiary/aromatic N) is 1. The van der Waals surface area contributed by atoms with Gasteiger partial charge in [0, 0.05) is 31.4 Å². The summed E-state index contributed by atoms with van der Waals surface area (Å²) in [6.45, 7) is 3.26. The number of rotatable bonds is 8. The van der Waals surface area contributed by atoms with E-state index in [0.717, 1.165) is 23.9 Å². The number of carbonyl (C=O) groups excluding carboxylic acids is 2. The Balaban J connectivity index is 1.53. The van der Waals surface area contributed by atoms with Gasteiger partial charge in [0.25, 0.3) is 5.91 Å². The lowest BCUT2D eigenvalue weighted by molar-refractivity contribution is -0.117. The van der Waals surface area contributed by atoms with E-state index in [9.17, 15) is 22.4 Å². The number of sulfonamides is 1. The van der Waals surface area contributed by atoms with Gasteiger partial charge in [-0.05, 0) is 43.2 Å². The Morgan fingerprint density at radius 2 is 1.78 bits per heavy atom. The number of piperidine rings is 1. The van der Waals surface area contributed by atoms with Crippen LogP contribution in [0.2, 0.25) is 0 Å². The lowest BCUT2D eigenvalue weighted by Crippen LogP contribution is -2.46. The van der Waals surface area contributed by atoms with Crippen molar-refractivity contribution in [1.29, 1.82) is 0 Å². The third-order valence-electron chi connectivity index (χ3n) is 5.17. The van der Waals surface area contributed by atoms with Gasteiger partial charge in [0.15, 0.2) is 0 Å². The second-order valence-corrected chi connectivity index (χ2v) is 9.35. The molecule has 0 aromatic heterocycles. The molecule has 0 bridgehead atoms. The highest BCUT2D eigenvalue weighted by Crippen LogP contribution is 2.17. The molecule has 1 saturated heterocycles. The fourth-order valence-corrected chi connectivity index (χ4v) is 4.61. The van der Waals surface area contributed by atoms with E-state index in [4.69, 9.17) is 0 Å². The molecule has 1 aliphatic rings. The molecule has 0 saturated carbocycles. The van der Waals surface area contributed by atoms with Crippen molar-refractivity contribution in [3.8, 4) is 0 Å². The molecule has 3 N–H and O–H groups in total. The zero-order chi connectivity index (χ0) is 23.1. The van der Waals surface area contributed by atoms with Crippen LogP contribution in [-0.4, -0.2) is 57.4 Å². The van der Waals surface area contributed by atoms with Crippen LogP contribution in [0.1, 0.15) is 30.1 Å². The summed E-state index contributed by atoms with van der Waals surface area (Å²) in [6.07, 6.45) is 1.20. The summed E-state index contributed by atoms with van der Waals surface area (Å²) in [5.41, 5.74) is 0.425. The average Bonchev–Trinajstić information content (AvgIpc) is 2.76. The maximum absolute atomic E-state index is 14.2. The van der Waals surface area contributed by atoms with Crippen LogP contribution in [0.5, 0.6) is 0 Å². The van der Waals surface area contributed by atoms with E-state index in [-0.39, 0.29) is 35.5 Å². The van der Waals surface area contributed by atoms with Crippen LogP contribution in [0, 0.1) is 5.82 Å². The molecule has 172 valence electrons. The lowest BCUT2D eigenvalue weighted by Gasteiger charge is -2.31. The van der Waals surface area contributed by atoms with Gasteiger partial charge in [-0.15, -0.1) is 0 Å². The zero-order valence-electron chi connectivity index (χ0n) is 17.8. The number of amides is 2. The third-order valence-corrected chi connectivity index (χ3v) is 6.72. The molecule has 32 heavy (non-hydrogen) atoms. The van der Waals surface area contributed by atoms with Gasteiger partial charge in [-0.3, -0.25) is 14.5 Å². The van der Waals surface area contributed by atoms with Gasteiger partial charge in [-0.25, -0.2) is 17.5 Å². The average molecular weight is 463 g/mol. The molecule has 2 aromatic carbocycles. The smallest absolute Gasteiger partial charge is 0.254 e. The number of carbonyl (C=O) groups is 2. The molecule has 0 unspecified atom stereocenters. The Labute approximate surface area is 187 Å². The molecule has 1 heterocycles. The highest BCUT2D eigenvalue weighted by molar-refractivity contribution is 7.89. The molecule has 0 atom stereocenters. The monoisotopic (exact) mass is 462 g/mol. The fraction of sp³-hybridized carbons (Fsp3) is 0.364. The number of para-hydroxylation sites is 1. The topological polar surface area (TPSA) is 108 Å². The van der Waals surface area contributed by atoms with Gasteiger partial charge in [0.2, 0.25) is 15.9 Å². The maximum atomic E-state index is 14.2. The standard InChI is InChI=1S/C22H27FN4O4S/c1-2-24-32(30,31)18-8-9-20(23)19(14-18)22(29)26-17-10-12-27(13-11-17)15-21(28)25-16-6-4-3-5-7-16/h3-9,14,17,24H,2,10-13,15H2,1H3,(H,25,28)(H,26,29). The van der Waals surface area contributed by atoms with Crippen molar-refractivity contribution in [3.05, 3.63) is 59.9 Å². The molecular weight excluding hydrogens is 435 g/mol. The van der Waals surface area contributed by atoms with E-state index in [0.29, 0.717) is 25.9 Å². The van der Waals surface area contributed by atoms with Crippen molar-refractivity contribution < 1.29 is 22.4 Å². The Bertz CT molecular complexity index is 1050. The van der Waals surface area contributed by atoms with Gasteiger partial charge < -0.3 is 10.6 Å². The van der Waals surface area contributed by atoms with Gasteiger partial charge in [0.1, 0.15) is 5.82 Å². The van der Waals surface area contributed by atoms with Gasteiger partial charge >= 0.3 is 0 Å². The number of hydrogen-bond acceptors (Lipinski definition) is 5. The minimum Gasteiger partial charge on any atom is -0.349 e. The van der Waals surface area contributed by atoms with Crippen molar-refractivity contribution in [2.45, 2.75) is 30.7 Å². The summed E-state index contributed by atoms with van der Waals surface area (Å²) >= 11 is 0. The number of likely N-dealkylation sites (tertiary alicyclic amines) is 1. The quantitative estimate of drug-likeness (QED) is 0.556. The molecule has 2 aromatic rings. The molecule has 1 fully saturated rings. The van der Waals surface area contributed by atoms with Crippen molar-refractivity contribution in [3.63, 3.8) is 0 Å². The van der Waals surface area contributed by atoms with Crippen LogP contribution in [0.15, 0.2) is 53.4 Å². The minimum absolute atomic E-state index is 0.112. The summed E-state index contributed by atoms with van der Waals surface area (Å²) in [7, 11) is -3.80. The fourth-order valence-electron chi connectivity index (χ4n) is 3.54. The third kappa shape index (κ3) is 6.35. The number of hydrogen-bond donors (Lipinski definition) is 3. The van der Waals surface area contributed by atoms with Crippen molar-refractivity contribution in [1.82, 2.24) is 14.9 Å². The number of anilines is 1. The summed E-state index contributed by atoms with van der Waals surface area (Å²) in [5, 5.41) is 5.62. The summed E-state index contributed by atoms with van der Waals surface area (Å²) in [5.74, 6) is -1.55. The van der Waals surface area contributed by atoms with Crippen LogP contribution in [0.4, 0.5) is 10.1 Å². The Morgan fingerprint density at radius 1 is 1.09 bits per heavy atom. The minimum atomic E-state index is -3.80. The van der Waals surface area contributed by atoms with E-state index in [1.165, 1.54) is 0 Å². The molecular formula is C22H27FN4O4S. The number of nitrogens with one attached hydrogen (secondary N) is 3. The van der Waals surface area contributed by atoms with Crippen molar-refractivity contribution in [2.24, 2.45) is 0 Å². The zero-order valence-corrected chi connectivity index (χ0v) is 18.6. The predicted molar refractivity (Wildman–Crippen MR) is 119 cm³/mol.